The molecule has 2 rings (SSSR count). The Morgan fingerprint density at radius 1 is 1.10 bits per heavy atom. The van der Waals surface area contributed by atoms with Gasteiger partial charge in [0, 0.05) is 8.95 Å². The Hall–Kier alpha value is -0.840. The van der Waals surface area contributed by atoms with E-state index < -0.39 is 0 Å². The third kappa shape index (κ3) is 4.08. The lowest BCUT2D eigenvalue weighted by Gasteiger charge is -2.15. The first-order valence-corrected chi connectivity index (χ1v) is 8.05. The zero-order valence-electron chi connectivity index (χ0n) is 11.3. The number of ether oxygens (including phenoxy) is 1. The zero-order valence-corrected chi connectivity index (χ0v) is 14.5. The highest BCUT2D eigenvalue weighted by Gasteiger charge is 2.09. The van der Waals surface area contributed by atoms with E-state index in [4.69, 9.17) is 10.5 Å². The summed E-state index contributed by atoms with van der Waals surface area (Å²) in [5.41, 5.74) is 9.09. The molecule has 0 fully saturated rings. The lowest BCUT2D eigenvalue weighted by Crippen LogP contribution is -2.06. The zero-order chi connectivity index (χ0) is 14.5. The quantitative estimate of drug-likeness (QED) is 0.798. The molecule has 0 bridgehead atoms. The molecule has 2 aromatic rings. The van der Waals surface area contributed by atoms with Gasteiger partial charge in [0.05, 0.1) is 0 Å². The molecule has 0 heterocycles. The topological polar surface area (TPSA) is 35.2 Å². The van der Waals surface area contributed by atoms with Gasteiger partial charge in [0.15, 0.2) is 0 Å². The molecule has 2 N–H and O–H groups in total. The van der Waals surface area contributed by atoms with Crippen LogP contribution in [0.15, 0.2) is 45.3 Å². The van der Waals surface area contributed by atoms with Crippen molar-refractivity contribution >= 4 is 31.9 Å². The molecule has 0 atom stereocenters. The first kappa shape index (κ1) is 15.5. The lowest BCUT2D eigenvalue weighted by atomic mass is 10.1. The first-order chi connectivity index (χ1) is 9.60. The molecular weight excluding hydrogens is 382 g/mol. The molecule has 0 aliphatic heterocycles. The summed E-state index contributed by atoms with van der Waals surface area (Å²) in [4.78, 5) is 0. The Labute approximate surface area is 136 Å². The molecule has 0 radical (unpaired) electrons. The molecule has 4 heteroatoms. The first-order valence-electron chi connectivity index (χ1n) is 6.46. The Kier molecular flexibility index (Phi) is 5.64. The Balaban J connectivity index is 2.20. The minimum atomic E-state index is 0.555. The van der Waals surface area contributed by atoms with Gasteiger partial charge in [0.25, 0.3) is 0 Å². The van der Waals surface area contributed by atoms with Crippen molar-refractivity contribution in [1.29, 1.82) is 0 Å². The van der Waals surface area contributed by atoms with Crippen LogP contribution in [0.1, 0.15) is 16.7 Å². The lowest BCUT2D eigenvalue weighted by molar-refractivity contribution is 0.300. The van der Waals surface area contributed by atoms with Gasteiger partial charge >= 0.3 is 0 Å². The highest BCUT2D eigenvalue weighted by Crippen LogP contribution is 2.29. The van der Waals surface area contributed by atoms with Gasteiger partial charge in [-0.3, -0.25) is 0 Å². The van der Waals surface area contributed by atoms with Crippen molar-refractivity contribution in [2.75, 3.05) is 6.54 Å². The summed E-state index contributed by atoms with van der Waals surface area (Å²) in [6.07, 6.45) is 0.814. The van der Waals surface area contributed by atoms with E-state index in [1.807, 2.05) is 12.1 Å². The molecule has 2 nitrogen and oxygen atoms in total. The highest BCUT2D eigenvalue weighted by molar-refractivity contribution is 9.10. The van der Waals surface area contributed by atoms with Crippen molar-refractivity contribution in [2.24, 2.45) is 5.73 Å². The van der Waals surface area contributed by atoms with Crippen LogP contribution >= 0.6 is 31.9 Å². The van der Waals surface area contributed by atoms with Crippen LogP contribution in [0, 0.1) is 6.92 Å². The molecule has 0 spiro atoms. The maximum absolute atomic E-state index is 6.02. The Morgan fingerprint density at radius 2 is 1.90 bits per heavy atom. The Morgan fingerprint density at radius 3 is 2.60 bits per heavy atom. The number of hydrogen-bond acceptors (Lipinski definition) is 2. The third-order valence-corrected chi connectivity index (χ3v) is 3.95. The summed E-state index contributed by atoms with van der Waals surface area (Å²) < 4.78 is 8.15. The van der Waals surface area contributed by atoms with Crippen LogP contribution < -0.4 is 10.5 Å². The molecule has 0 unspecified atom stereocenters. The molecule has 0 amide bonds. The normalized spacial score (nSPS) is 10.6. The SMILES string of the molecule is Cc1cc(Br)cc(CCN)c1OCc1cccc(Br)c1. The second-order valence-electron chi connectivity index (χ2n) is 4.67. The predicted octanol–water partition coefficient (Wildman–Crippen LogP) is 4.60. The molecule has 0 saturated heterocycles. The average molecular weight is 399 g/mol. The van der Waals surface area contributed by atoms with Crippen LogP contribution in [-0.4, -0.2) is 6.54 Å². The summed E-state index contributed by atoms with van der Waals surface area (Å²) in [5, 5.41) is 0. The van der Waals surface area contributed by atoms with Gasteiger partial charge in [0.2, 0.25) is 0 Å². The van der Waals surface area contributed by atoms with Gasteiger partial charge in [-0.2, -0.15) is 0 Å². The predicted molar refractivity (Wildman–Crippen MR) is 90.1 cm³/mol. The minimum absolute atomic E-state index is 0.555. The fourth-order valence-electron chi connectivity index (χ4n) is 2.13. The van der Waals surface area contributed by atoms with Crippen LogP contribution in [0.4, 0.5) is 0 Å². The molecule has 0 aliphatic rings. The standard InChI is InChI=1S/C16H17Br2NO/c1-11-7-15(18)9-13(5-6-19)16(11)20-10-12-3-2-4-14(17)8-12/h2-4,7-9H,5-6,10,19H2,1H3. The highest BCUT2D eigenvalue weighted by atomic mass is 79.9. The van der Waals surface area contributed by atoms with Crippen molar-refractivity contribution in [3.8, 4) is 5.75 Å². The third-order valence-electron chi connectivity index (χ3n) is 3.00. The largest absolute Gasteiger partial charge is 0.488 e. The second kappa shape index (κ2) is 7.25. The molecule has 20 heavy (non-hydrogen) atoms. The molecular formula is C16H17Br2NO. The van der Waals surface area contributed by atoms with Crippen LogP contribution in [0.2, 0.25) is 0 Å². The van der Waals surface area contributed by atoms with E-state index in [1.165, 1.54) is 0 Å². The fourth-order valence-corrected chi connectivity index (χ4v) is 3.20. The van der Waals surface area contributed by atoms with E-state index >= 15 is 0 Å². The maximum atomic E-state index is 6.02. The summed E-state index contributed by atoms with van der Waals surface area (Å²) in [6, 6.07) is 12.3. The van der Waals surface area contributed by atoms with E-state index in [-0.39, 0.29) is 0 Å². The van der Waals surface area contributed by atoms with Gasteiger partial charge in [-0.15, -0.1) is 0 Å². The second-order valence-corrected chi connectivity index (χ2v) is 6.50. The van der Waals surface area contributed by atoms with Gasteiger partial charge in [0.1, 0.15) is 12.4 Å². The average Bonchev–Trinajstić information content (AvgIpc) is 2.38. The number of aryl methyl sites for hydroxylation is 1. The smallest absolute Gasteiger partial charge is 0.126 e. The number of halogens is 2. The van der Waals surface area contributed by atoms with Crippen molar-refractivity contribution < 1.29 is 4.74 Å². The minimum Gasteiger partial charge on any atom is -0.488 e. The fraction of sp³-hybridized carbons (Fsp3) is 0.250. The van der Waals surface area contributed by atoms with Gasteiger partial charge < -0.3 is 10.5 Å². The maximum Gasteiger partial charge on any atom is 0.126 e. The van der Waals surface area contributed by atoms with E-state index in [0.717, 1.165) is 37.8 Å². The monoisotopic (exact) mass is 397 g/mol. The number of benzene rings is 2. The van der Waals surface area contributed by atoms with Crippen LogP contribution in [-0.2, 0) is 13.0 Å². The summed E-state index contributed by atoms with van der Waals surface area (Å²) >= 11 is 6.99. The Bertz CT molecular complexity index is 599. The number of nitrogens with two attached hydrogens (primary N) is 1. The summed E-state index contributed by atoms with van der Waals surface area (Å²) in [5.74, 6) is 0.943. The van der Waals surface area contributed by atoms with E-state index in [1.54, 1.807) is 0 Å². The summed E-state index contributed by atoms with van der Waals surface area (Å²) in [6.45, 7) is 3.23. The van der Waals surface area contributed by atoms with Gasteiger partial charge in [-0.1, -0.05) is 44.0 Å². The summed E-state index contributed by atoms with van der Waals surface area (Å²) in [7, 11) is 0. The number of hydrogen-bond donors (Lipinski definition) is 1. The van der Waals surface area contributed by atoms with Crippen LogP contribution in [0.3, 0.4) is 0 Å². The van der Waals surface area contributed by atoms with E-state index in [9.17, 15) is 0 Å². The van der Waals surface area contributed by atoms with Gasteiger partial charge in [-0.05, 0) is 60.8 Å². The van der Waals surface area contributed by atoms with Crippen molar-refractivity contribution in [3.05, 3.63) is 62.0 Å². The van der Waals surface area contributed by atoms with Crippen molar-refractivity contribution in [2.45, 2.75) is 20.0 Å². The molecule has 2 aromatic carbocycles. The van der Waals surface area contributed by atoms with E-state index in [2.05, 4.69) is 63.0 Å². The van der Waals surface area contributed by atoms with Crippen molar-refractivity contribution in [3.63, 3.8) is 0 Å². The molecule has 0 saturated carbocycles. The molecule has 0 aliphatic carbocycles. The number of rotatable bonds is 5. The van der Waals surface area contributed by atoms with Crippen molar-refractivity contribution in [1.82, 2.24) is 0 Å². The van der Waals surface area contributed by atoms with Gasteiger partial charge in [-0.25, -0.2) is 0 Å². The van der Waals surface area contributed by atoms with E-state index in [0.29, 0.717) is 13.2 Å². The molecule has 106 valence electrons. The van der Waals surface area contributed by atoms with Crippen LogP contribution in [0.5, 0.6) is 5.75 Å². The molecule has 0 aromatic heterocycles. The van der Waals surface area contributed by atoms with Crippen LogP contribution in [0.25, 0.3) is 0 Å².